The van der Waals surface area contributed by atoms with Crippen LogP contribution in [0.1, 0.15) is 51.0 Å². The molecule has 2 aliphatic rings. The molecule has 3 aromatic rings. The molecule has 2 heterocycles. The molecule has 208 valence electrons. The van der Waals surface area contributed by atoms with Crippen LogP contribution in [0, 0.1) is 18.8 Å². The average Bonchev–Trinajstić information content (AvgIpc) is 3.74. The zero-order valence-corrected chi connectivity index (χ0v) is 22.3. The summed E-state index contributed by atoms with van der Waals surface area (Å²) in [6.45, 7) is 3.83. The van der Waals surface area contributed by atoms with Gasteiger partial charge in [-0.2, -0.15) is 13.2 Å². The number of hydrazine groups is 1. The predicted molar refractivity (Wildman–Crippen MR) is 146 cm³/mol. The van der Waals surface area contributed by atoms with Gasteiger partial charge in [-0.05, 0) is 55.2 Å². The summed E-state index contributed by atoms with van der Waals surface area (Å²) in [5.41, 5.74) is 4.97. The lowest BCUT2D eigenvalue weighted by molar-refractivity contribution is -0.138. The summed E-state index contributed by atoms with van der Waals surface area (Å²) in [4.78, 5) is 23.4. The minimum Gasteiger partial charge on any atom is -0.351 e. The fourth-order valence-electron chi connectivity index (χ4n) is 4.22. The molecule has 3 N–H and O–H groups in total. The van der Waals surface area contributed by atoms with E-state index in [0.29, 0.717) is 42.9 Å². The van der Waals surface area contributed by atoms with Crippen LogP contribution in [0.4, 0.5) is 24.8 Å². The maximum Gasteiger partial charge on any atom is 0.416 e. The van der Waals surface area contributed by atoms with Crippen molar-refractivity contribution in [2.75, 3.05) is 37.4 Å². The summed E-state index contributed by atoms with van der Waals surface area (Å²) in [5, 5.41) is 7.73. The van der Waals surface area contributed by atoms with Crippen molar-refractivity contribution in [2.45, 2.75) is 38.5 Å². The molecule has 1 saturated carbocycles. The Labute approximate surface area is 231 Å². The maximum atomic E-state index is 13.9. The number of halogens is 3. The predicted octanol–water partition coefficient (Wildman–Crippen LogP) is 4.24. The highest BCUT2D eigenvalue weighted by atomic mass is 19.4. The maximum absolute atomic E-state index is 13.9. The van der Waals surface area contributed by atoms with Gasteiger partial charge in [0.1, 0.15) is 0 Å². The molecule has 0 unspecified atom stereocenters. The molecular weight excluding hydrogens is 519 g/mol. The molecule has 2 fully saturated rings. The Morgan fingerprint density at radius 2 is 1.88 bits per heavy atom. The van der Waals surface area contributed by atoms with E-state index in [1.165, 1.54) is 12.1 Å². The summed E-state index contributed by atoms with van der Waals surface area (Å²) in [6, 6.07) is 9.38. The van der Waals surface area contributed by atoms with Crippen LogP contribution in [0.5, 0.6) is 0 Å². The molecule has 5 rings (SSSR count). The van der Waals surface area contributed by atoms with Crippen molar-refractivity contribution in [3.63, 3.8) is 0 Å². The molecule has 0 radical (unpaired) electrons. The lowest BCUT2D eigenvalue weighted by atomic mass is 10.0. The van der Waals surface area contributed by atoms with Crippen LogP contribution in [0.2, 0.25) is 0 Å². The van der Waals surface area contributed by atoms with E-state index in [4.69, 9.17) is 0 Å². The molecule has 1 amide bonds. The number of hydrogen-bond donors (Lipinski definition) is 3. The van der Waals surface area contributed by atoms with Crippen molar-refractivity contribution in [3.05, 3.63) is 82.2 Å². The number of carbonyl (C=O) groups excluding carboxylic acids is 1. The van der Waals surface area contributed by atoms with Crippen LogP contribution in [-0.2, 0) is 12.7 Å². The molecule has 0 bridgehead atoms. The van der Waals surface area contributed by atoms with Crippen molar-refractivity contribution >= 4 is 17.5 Å². The number of rotatable bonds is 6. The van der Waals surface area contributed by atoms with Gasteiger partial charge in [0.05, 0.1) is 17.8 Å². The largest absolute Gasteiger partial charge is 0.416 e. The number of hydrogen-bond acceptors (Lipinski definition) is 7. The van der Waals surface area contributed by atoms with Crippen LogP contribution < -0.4 is 16.1 Å². The number of alkyl halides is 3. The fourth-order valence-corrected chi connectivity index (χ4v) is 4.22. The Morgan fingerprint density at radius 3 is 2.55 bits per heavy atom. The Kier molecular flexibility index (Phi) is 8.02. The number of nitrogens with one attached hydrogen (secondary N) is 3. The quantitative estimate of drug-likeness (QED) is 0.397. The van der Waals surface area contributed by atoms with E-state index >= 15 is 0 Å². The molecule has 0 spiro atoms. The highest BCUT2D eigenvalue weighted by Crippen LogP contribution is 2.34. The monoisotopic (exact) mass is 549 g/mol. The van der Waals surface area contributed by atoms with E-state index in [9.17, 15) is 18.0 Å². The Bertz CT molecular complexity index is 1430. The van der Waals surface area contributed by atoms with Gasteiger partial charge in [-0.25, -0.2) is 20.4 Å². The van der Waals surface area contributed by atoms with Crippen molar-refractivity contribution in [2.24, 2.45) is 0 Å². The van der Waals surface area contributed by atoms with E-state index in [2.05, 4.69) is 37.9 Å². The molecule has 2 aromatic carbocycles. The summed E-state index contributed by atoms with van der Waals surface area (Å²) in [6.07, 6.45) is 0.964. The molecule has 11 heteroatoms. The molecule has 1 saturated heterocycles. The molecule has 1 aromatic heterocycles. The first-order valence-electron chi connectivity index (χ1n) is 13.0. The number of amides is 1. The van der Waals surface area contributed by atoms with E-state index in [1.54, 1.807) is 30.6 Å². The zero-order chi connectivity index (χ0) is 28.3. The second-order valence-electron chi connectivity index (χ2n) is 10.1. The van der Waals surface area contributed by atoms with Crippen LogP contribution >= 0.6 is 0 Å². The average molecular weight is 550 g/mol. The molecule has 1 aliphatic heterocycles. The van der Waals surface area contributed by atoms with Gasteiger partial charge in [0.2, 0.25) is 5.95 Å². The number of likely N-dealkylation sites (N-methyl/N-ethyl adjacent to an activating group) is 1. The van der Waals surface area contributed by atoms with Gasteiger partial charge in [-0.1, -0.05) is 24.0 Å². The molecule has 0 atom stereocenters. The van der Waals surface area contributed by atoms with Gasteiger partial charge in [0.15, 0.2) is 0 Å². The summed E-state index contributed by atoms with van der Waals surface area (Å²) in [5.74, 6) is 6.10. The van der Waals surface area contributed by atoms with Crippen LogP contribution in [0.25, 0.3) is 0 Å². The lowest BCUT2D eigenvalue weighted by Crippen LogP contribution is -2.52. The molecule has 8 nitrogen and oxygen atoms in total. The molecular formula is C29H30F3N7O. The van der Waals surface area contributed by atoms with E-state index in [0.717, 1.165) is 24.5 Å². The van der Waals surface area contributed by atoms with Crippen molar-refractivity contribution in [1.82, 2.24) is 25.3 Å². The van der Waals surface area contributed by atoms with E-state index in [-0.39, 0.29) is 23.4 Å². The summed E-state index contributed by atoms with van der Waals surface area (Å²) < 4.78 is 41.8. The van der Waals surface area contributed by atoms with Gasteiger partial charge in [0, 0.05) is 61.9 Å². The first-order valence-corrected chi connectivity index (χ1v) is 13.0. The standard InChI is InChI=1S/C29H30F3N7O/c1-19-3-5-22(13-21(19)6-4-20-15-33-28(34-16-20)37-24-9-10-24)27(40)36-25-8-7-23(26(14-25)29(30,31)32)17-39-12-11-38(2)35-18-39/h3,5,7-8,13-16,24,35H,9-12,17-18H2,1-2H3,(H,36,40)(H,33,34,37). The third-order valence-corrected chi connectivity index (χ3v) is 6.79. The first kappa shape index (κ1) is 27.6. The van der Waals surface area contributed by atoms with Gasteiger partial charge < -0.3 is 10.6 Å². The smallest absolute Gasteiger partial charge is 0.351 e. The number of nitrogens with zero attached hydrogens (tertiary/aromatic N) is 4. The third kappa shape index (κ3) is 7.15. The Morgan fingerprint density at radius 1 is 1.10 bits per heavy atom. The number of aromatic nitrogens is 2. The minimum absolute atomic E-state index is 0.0721. The number of aryl methyl sites for hydroxylation is 1. The lowest BCUT2D eigenvalue weighted by Gasteiger charge is -2.33. The van der Waals surface area contributed by atoms with Gasteiger partial charge in [0.25, 0.3) is 5.91 Å². The van der Waals surface area contributed by atoms with Gasteiger partial charge in [-0.3, -0.25) is 9.69 Å². The van der Waals surface area contributed by atoms with Gasteiger partial charge >= 0.3 is 6.18 Å². The highest BCUT2D eigenvalue weighted by molar-refractivity contribution is 6.04. The van der Waals surface area contributed by atoms with Crippen LogP contribution in [0.15, 0.2) is 48.8 Å². The molecule has 1 aliphatic carbocycles. The van der Waals surface area contributed by atoms with Crippen LogP contribution in [0.3, 0.4) is 0 Å². The summed E-state index contributed by atoms with van der Waals surface area (Å²) >= 11 is 0. The zero-order valence-electron chi connectivity index (χ0n) is 22.3. The normalized spacial score (nSPS) is 16.2. The number of carbonyl (C=O) groups is 1. The highest BCUT2D eigenvalue weighted by Gasteiger charge is 2.34. The van der Waals surface area contributed by atoms with Crippen molar-refractivity contribution in [1.29, 1.82) is 0 Å². The third-order valence-electron chi connectivity index (χ3n) is 6.79. The van der Waals surface area contributed by atoms with Crippen molar-refractivity contribution < 1.29 is 18.0 Å². The van der Waals surface area contributed by atoms with Crippen LogP contribution in [-0.4, -0.2) is 58.6 Å². The number of anilines is 2. The second-order valence-corrected chi connectivity index (χ2v) is 10.1. The van der Waals surface area contributed by atoms with Crippen molar-refractivity contribution in [3.8, 4) is 11.8 Å². The van der Waals surface area contributed by atoms with E-state index in [1.807, 2.05) is 23.9 Å². The fraction of sp³-hybridized carbons (Fsp3) is 0.345. The first-order chi connectivity index (χ1) is 19.1. The van der Waals surface area contributed by atoms with Gasteiger partial charge in [-0.15, -0.1) is 0 Å². The minimum atomic E-state index is -4.56. The molecule has 40 heavy (non-hydrogen) atoms. The number of benzene rings is 2. The Hall–Kier alpha value is -3.98. The second kappa shape index (κ2) is 11.6. The summed E-state index contributed by atoms with van der Waals surface area (Å²) in [7, 11) is 1.89. The SMILES string of the molecule is Cc1ccc(C(=O)Nc2ccc(CN3CCN(C)NC3)c(C(F)(F)F)c2)cc1C#Cc1cnc(NC2CC2)nc1. The Balaban J connectivity index is 1.29. The van der Waals surface area contributed by atoms with E-state index < -0.39 is 17.6 Å². The topological polar surface area (TPSA) is 85.4 Å².